The van der Waals surface area contributed by atoms with Gasteiger partial charge in [-0.2, -0.15) is 0 Å². The van der Waals surface area contributed by atoms with E-state index in [0.717, 1.165) is 19.9 Å². The van der Waals surface area contributed by atoms with E-state index >= 15 is 0 Å². The van der Waals surface area contributed by atoms with Crippen molar-refractivity contribution < 1.29 is 17.9 Å². The molecule has 1 atom stereocenters. The first-order valence-electron chi connectivity index (χ1n) is 10.1. The largest absolute Gasteiger partial charge is 0.495 e. The predicted molar refractivity (Wildman–Crippen MR) is 134 cm³/mol. The lowest BCUT2D eigenvalue weighted by Gasteiger charge is -2.26. The number of carbonyl (C=O) groups excluding carboxylic acids is 1. The van der Waals surface area contributed by atoms with Crippen molar-refractivity contribution in [3.63, 3.8) is 0 Å². The van der Waals surface area contributed by atoms with E-state index in [1.54, 1.807) is 43.3 Å². The van der Waals surface area contributed by atoms with E-state index < -0.39 is 22.5 Å². The van der Waals surface area contributed by atoms with Gasteiger partial charge in [0.05, 0.1) is 18.8 Å². The molecule has 1 amide bonds. The van der Waals surface area contributed by atoms with Crippen molar-refractivity contribution in [1.82, 2.24) is 5.32 Å². The number of halogens is 2. The number of anilines is 1. The van der Waals surface area contributed by atoms with Gasteiger partial charge in [0, 0.05) is 9.50 Å². The summed E-state index contributed by atoms with van der Waals surface area (Å²) in [6, 6.07) is 18.4. The van der Waals surface area contributed by atoms with Crippen LogP contribution in [0.1, 0.15) is 24.1 Å². The number of rotatable bonds is 8. The maximum absolute atomic E-state index is 13.7. The number of nitrogens with zero attached hydrogens (tertiary/aromatic N) is 1. The van der Waals surface area contributed by atoms with Gasteiger partial charge in [0.15, 0.2) is 0 Å². The lowest BCUT2D eigenvalue weighted by Crippen LogP contribution is -2.41. The van der Waals surface area contributed by atoms with Gasteiger partial charge >= 0.3 is 0 Å². The summed E-state index contributed by atoms with van der Waals surface area (Å²) in [5.74, 6) is -0.255. The van der Waals surface area contributed by atoms with Gasteiger partial charge in [-0.05, 0) is 73.5 Å². The van der Waals surface area contributed by atoms with E-state index in [9.17, 15) is 13.2 Å². The van der Waals surface area contributed by atoms with E-state index in [4.69, 9.17) is 16.3 Å². The van der Waals surface area contributed by atoms with Crippen molar-refractivity contribution in [2.75, 3.05) is 18.0 Å². The molecule has 174 valence electrons. The number of hydrogen-bond acceptors (Lipinski definition) is 4. The first kappa shape index (κ1) is 25.1. The molecule has 0 aliphatic rings. The first-order valence-corrected chi connectivity index (χ1v) is 12.7. The highest BCUT2D eigenvalue weighted by molar-refractivity contribution is 9.10. The van der Waals surface area contributed by atoms with Crippen LogP contribution in [-0.2, 0) is 14.8 Å². The molecule has 6 nitrogen and oxygen atoms in total. The van der Waals surface area contributed by atoms with Gasteiger partial charge in [-0.25, -0.2) is 8.42 Å². The summed E-state index contributed by atoms with van der Waals surface area (Å²) >= 11 is 9.42. The SMILES string of the molecule is COc1ccc(C)cc1S(=O)(=O)N(CC(=O)N[C@@H](C)c1cccc(Br)c1)c1ccc(Cl)cc1. The van der Waals surface area contributed by atoms with Gasteiger partial charge < -0.3 is 10.1 Å². The Morgan fingerprint density at radius 2 is 1.82 bits per heavy atom. The Bertz CT molecular complexity index is 1250. The number of aryl methyl sites for hydroxylation is 1. The van der Waals surface area contributed by atoms with Crippen molar-refractivity contribution in [2.24, 2.45) is 0 Å². The number of hydrogen-bond donors (Lipinski definition) is 1. The minimum absolute atomic E-state index is 0.0206. The molecule has 0 saturated carbocycles. The summed E-state index contributed by atoms with van der Waals surface area (Å²) in [6.07, 6.45) is 0. The Hall–Kier alpha value is -2.55. The Balaban J connectivity index is 1.96. The fourth-order valence-corrected chi connectivity index (χ4v) is 5.51. The number of benzene rings is 3. The number of nitrogens with one attached hydrogen (secondary N) is 1. The van der Waals surface area contributed by atoms with Crippen LogP contribution in [0.2, 0.25) is 5.02 Å². The molecule has 0 fully saturated rings. The number of ether oxygens (including phenoxy) is 1. The molecule has 3 aromatic carbocycles. The Kier molecular flexibility index (Phi) is 8.05. The number of carbonyl (C=O) groups is 1. The molecule has 0 spiro atoms. The van der Waals surface area contributed by atoms with Gasteiger partial charge in [-0.3, -0.25) is 9.10 Å². The normalized spacial score (nSPS) is 12.2. The molecule has 9 heteroatoms. The second-order valence-corrected chi connectivity index (χ2v) is 10.7. The highest BCUT2D eigenvalue weighted by atomic mass is 79.9. The quantitative estimate of drug-likeness (QED) is 0.402. The summed E-state index contributed by atoms with van der Waals surface area (Å²) in [4.78, 5) is 13.0. The van der Waals surface area contributed by atoms with Crippen LogP contribution >= 0.6 is 27.5 Å². The van der Waals surface area contributed by atoms with E-state index in [1.807, 2.05) is 31.2 Å². The molecule has 0 aliphatic carbocycles. The Morgan fingerprint density at radius 1 is 1.12 bits per heavy atom. The molecule has 0 unspecified atom stereocenters. The Labute approximate surface area is 207 Å². The van der Waals surface area contributed by atoms with Crippen molar-refractivity contribution >= 4 is 49.1 Å². The van der Waals surface area contributed by atoms with Crippen molar-refractivity contribution in [1.29, 1.82) is 0 Å². The van der Waals surface area contributed by atoms with Crippen molar-refractivity contribution in [3.05, 3.63) is 87.4 Å². The summed E-state index contributed by atoms with van der Waals surface area (Å²) < 4.78 is 34.7. The van der Waals surface area contributed by atoms with Gasteiger partial charge in [-0.1, -0.05) is 45.7 Å². The van der Waals surface area contributed by atoms with Gasteiger partial charge in [0.2, 0.25) is 5.91 Å². The van der Waals surface area contributed by atoms with Crippen LogP contribution in [0, 0.1) is 6.92 Å². The second-order valence-electron chi connectivity index (χ2n) is 7.49. The smallest absolute Gasteiger partial charge is 0.268 e. The molecule has 0 saturated heterocycles. The standard InChI is InChI=1S/C24H24BrClN2O4S/c1-16-7-12-22(32-3)23(13-16)33(30,31)28(21-10-8-20(26)9-11-21)15-24(29)27-17(2)18-5-4-6-19(25)14-18/h4-14,17H,15H2,1-3H3,(H,27,29)/t17-/m0/s1. The first-order chi connectivity index (χ1) is 15.6. The third-order valence-corrected chi connectivity index (χ3v) is 7.56. The lowest BCUT2D eigenvalue weighted by molar-refractivity contribution is -0.120. The van der Waals surface area contributed by atoms with Crippen molar-refractivity contribution in [2.45, 2.75) is 24.8 Å². The zero-order chi connectivity index (χ0) is 24.2. The second kappa shape index (κ2) is 10.6. The molecular formula is C24H24BrClN2O4S. The zero-order valence-corrected chi connectivity index (χ0v) is 21.5. The number of sulfonamides is 1. The monoisotopic (exact) mass is 550 g/mol. The van der Waals surface area contributed by atoms with Crippen LogP contribution in [0.4, 0.5) is 5.69 Å². The summed E-state index contributed by atoms with van der Waals surface area (Å²) in [5, 5.41) is 3.33. The topological polar surface area (TPSA) is 75.7 Å². The molecular weight excluding hydrogens is 528 g/mol. The van der Waals surface area contributed by atoms with Crippen LogP contribution in [0.3, 0.4) is 0 Å². The van der Waals surface area contributed by atoms with Gasteiger partial charge in [0.25, 0.3) is 10.0 Å². The molecule has 3 rings (SSSR count). The third-order valence-electron chi connectivity index (χ3n) is 5.02. The molecule has 0 bridgehead atoms. The molecule has 0 aromatic heterocycles. The minimum atomic E-state index is -4.14. The average Bonchev–Trinajstić information content (AvgIpc) is 2.78. The molecule has 0 radical (unpaired) electrons. The van der Waals surface area contributed by atoms with Crippen LogP contribution in [0.15, 0.2) is 76.1 Å². The molecule has 33 heavy (non-hydrogen) atoms. The van der Waals surface area contributed by atoms with E-state index in [0.29, 0.717) is 10.7 Å². The highest BCUT2D eigenvalue weighted by Crippen LogP contribution is 2.31. The Morgan fingerprint density at radius 3 is 2.45 bits per heavy atom. The molecule has 0 heterocycles. The zero-order valence-electron chi connectivity index (χ0n) is 18.4. The van der Waals surface area contributed by atoms with E-state index in [1.165, 1.54) is 13.2 Å². The summed E-state index contributed by atoms with van der Waals surface area (Å²) in [7, 11) is -2.73. The van der Waals surface area contributed by atoms with Crippen LogP contribution in [0.5, 0.6) is 5.75 Å². The number of amides is 1. The average molecular weight is 552 g/mol. The maximum Gasteiger partial charge on any atom is 0.268 e. The maximum atomic E-state index is 13.7. The fourth-order valence-electron chi connectivity index (χ4n) is 3.30. The third kappa shape index (κ3) is 6.07. The highest BCUT2D eigenvalue weighted by Gasteiger charge is 2.30. The van der Waals surface area contributed by atoms with Crippen LogP contribution in [-0.4, -0.2) is 28.0 Å². The van der Waals surface area contributed by atoms with Gasteiger partial charge in [0.1, 0.15) is 17.2 Å². The van der Waals surface area contributed by atoms with E-state index in [2.05, 4.69) is 21.2 Å². The van der Waals surface area contributed by atoms with E-state index in [-0.39, 0.29) is 16.7 Å². The fraction of sp³-hybridized carbons (Fsp3) is 0.208. The lowest BCUT2D eigenvalue weighted by atomic mass is 10.1. The molecule has 0 aliphatic heterocycles. The van der Waals surface area contributed by atoms with Crippen LogP contribution in [0.25, 0.3) is 0 Å². The number of methoxy groups -OCH3 is 1. The summed E-state index contributed by atoms with van der Waals surface area (Å²) in [6.45, 7) is 3.21. The van der Waals surface area contributed by atoms with Crippen LogP contribution < -0.4 is 14.4 Å². The minimum Gasteiger partial charge on any atom is -0.495 e. The molecule has 1 N–H and O–H groups in total. The van der Waals surface area contributed by atoms with Crippen molar-refractivity contribution in [3.8, 4) is 5.75 Å². The van der Waals surface area contributed by atoms with Gasteiger partial charge in [-0.15, -0.1) is 0 Å². The molecule has 3 aromatic rings. The predicted octanol–water partition coefficient (Wildman–Crippen LogP) is 5.49. The summed E-state index contributed by atoms with van der Waals surface area (Å²) in [5.41, 5.74) is 1.95.